The summed E-state index contributed by atoms with van der Waals surface area (Å²) >= 11 is 0. The molecule has 0 saturated carbocycles. The first kappa shape index (κ1) is 21.6. The number of benzene rings is 2. The second-order valence-corrected chi connectivity index (χ2v) is 7.96. The highest BCUT2D eigenvalue weighted by Crippen LogP contribution is 2.33. The first-order chi connectivity index (χ1) is 13.2. The van der Waals surface area contributed by atoms with Crippen LogP contribution in [0, 0.1) is 10.1 Å². The Labute approximate surface area is 164 Å². The highest BCUT2D eigenvalue weighted by molar-refractivity contribution is 7.89. The molecule has 0 radical (unpaired) electrons. The van der Waals surface area contributed by atoms with E-state index in [1.165, 1.54) is 12.1 Å². The Morgan fingerprint density at radius 3 is 2.50 bits per heavy atom. The van der Waals surface area contributed by atoms with E-state index in [0.717, 1.165) is 6.07 Å². The number of nitro benzene ring substituents is 1. The Balaban J connectivity index is 2.32. The summed E-state index contributed by atoms with van der Waals surface area (Å²) in [7, 11) is -0.214. The number of ether oxygens (including phenoxy) is 1. The third-order valence-corrected chi connectivity index (χ3v) is 5.24. The van der Waals surface area contributed by atoms with E-state index in [1.807, 2.05) is 25.9 Å². The minimum atomic E-state index is -3.85. The molecule has 0 aliphatic carbocycles. The average molecular weight is 408 g/mol. The molecule has 2 aromatic rings. The molecular weight excluding hydrogens is 384 g/mol. The minimum Gasteiger partial charge on any atom is -0.492 e. The highest BCUT2D eigenvalue weighted by atomic mass is 32.2. The monoisotopic (exact) mass is 408 g/mol. The van der Waals surface area contributed by atoms with Crippen molar-refractivity contribution >= 4 is 27.1 Å². The number of hydrogen-bond donors (Lipinski definition) is 2. The number of rotatable bonds is 10. The molecule has 28 heavy (non-hydrogen) atoms. The number of hydrogen-bond acceptors (Lipinski definition) is 7. The molecule has 0 aromatic heterocycles. The van der Waals surface area contributed by atoms with Crippen molar-refractivity contribution in [3.8, 4) is 5.75 Å². The van der Waals surface area contributed by atoms with Crippen molar-refractivity contribution in [3.63, 3.8) is 0 Å². The standard InChI is InChI=1S/C18H24N4O5S/c1-4-27-18-8-6-5-7-16(18)20-15-10-9-14(13-17(15)22(23)24)28(25,26)19-11-12-21(2)3/h5-10,13,19-20H,4,11-12H2,1-3H3. The molecule has 0 aliphatic rings. The number of likely N-dealkylation sites (N-methyl/N-ethyl adjacent to an activating group) is 1. The summed E-state index contributed by atoms with van der Waals surface area (Å²) in [4.78, 5) is 12.6. The number of nitrogens with zero attached hydrogens (tertiary/aromatic N) is 2. The van der Waals surface area contributed by atoms with Crippen LogP contribution in [0.1, 0.15) is 6.92 Å². The van der Waals surface area contributed by atoms with Crippen LogP contribution in [-0.2, 0) is 10.0 Å². The molecule has 2 aromatic carbocycles. The smallest absolute Gasteiger partial charge is 0.294 e. The Hall–Kier alpha value is -2.69. The second kappa shape index (κ2) is 9.49. The lowest BCUT2D eigenvalue weighted by molar-refractivity contribution is -0.384. The van der Waals surface area contributed by atoms with Gasteiger partial charge in [0.25, 0.3) is 5.69 Å². The molecule has 0 amide bonds. The molecule has 9 nitrogen and oxygen atoms in total. The zero-order valence-electron chi connectivity index (χ0n) is 16.0. The van der Waals surface area contributed by atoms with Gasteiger partial charge in [0, 0.05) is 19.2 Å². The van der Waals surface area contributed by atoms with Gasteiger partial charge in [-0.25, -0.2) is 13.1 Å². The lowest BCUT2D eigenvalue weighted by atomic mass is 10.2. The predicted octanol–water partition coefficient (Wildman–Crippen LogP) is 2.58. The fourth-order valence-corrected chi connectivity index (χ4v) is 3.46. The molecule has 2 rings (SSSR count). The number of anilines is 2. The Kier molecular flexibility index (Phi) is 7.32. The molecule has 0 aliphatic heterocycles. The van der Waals surface area contributed by atoms with E-state index in [-0.39, 0.29) is 22.8 Å². The minimum absolute atomic E-state index is 0.165. The first-order valence-electron chi connectivity index (χ1n) is 8.66. The van der Waals surface area contributed by atoms with Crippen molar-refractivity contribution in [2.45, 2.75) is 11.8 Å². The SMILES string of the molecule is CCOc1ccccc1Nc1ccc(S(=O)(=O)NCCN(C)C)cc1[N+](=O)[O-]. The van der Waals surface area contributed by atoms with Crippen molar-refractivity contribution in [3.05, 3.63) is 52.6 Å². The fourth-order valence-electron chi connectivity index (χ4n) is 2.42. The van der Waals surface area contributed by atoms with Crippen LogP contribution in [0.2, 0.25) is 0 Å². The molecule has 152 valence electrons. The third kappa shape index (κ3) is 5.65. The van der Waals surface area contributed by atoms with Gasteiger partial charge in [-0.05, 0) is 45.3 Å². The largest absolute Gasteiger partial charge is 0.492 e. The molecule has 0 heterocycles. The molecule has 0 fully saturated rings. The second-order valence-electron chi connectivity index (χ2n) is 6.19. The van der Waals surface area contributed by atoms with E-state index in [2.05, 4.69) is 10.0 Å². The van der Waals surface area contributed by atoms with Gasteiger partial charge in [-0.1, -0.05) is 12.1 Å². The van der Waals surface area contributed by atoms with Gasteiger partial charge < -0.3 is 15.0 Å². The maximum Gasteiger partial charge on any atom is 0.294 e. The van der Waals surface area contributed by atoms with Crippen LogP contribution in [0.15, 0.2) is 47.4 Å². The molecule has 0 unspecified atom stereocenters. The van der Waals surface area contributed by atoms with Crippen LogP contribution in [0.25, 0.3) is 0 Å². The van der Waals surface area contributed by atoms with E-state index >= 15 is 0 Å². The van der Waals surface area contributed by atoms with Crippen LogP contribution in [-0.4, -0.2) is 52.0 Å². The van der Waals surface area contributed by atoms with Gasteiger partial charge in [0.15, 0.2) is 0 Å². The van der Waals surface area contributed by atoms with Gasteiger partial charge in [-0.15, -0.1) is 0 Å². The van der Waals surface area contributed by atoms with Crippen molar-refractivity contribution in [1.29, 1.82) is 0 Å². The molecule has 0 atom stereocenters. The first-order valence-corrected chi connectivity index (χ1v) is 10.1. The molecule has 0 saturated heterocycles. The number of para-hydroxylation sites is 2. The summed E-state index contributed by atoms with van der Waals surface area (Å²) in [5.41, 5.74) is 0.373. The molecule has 2 N–H and O–H groups in total. The van der Waals surface area contributed by atoms with Crippen molar-refractivity contribution in [2.24, 2.45) is 0 Å². The topological polar surface area (TPSA) is 114 Å². The third-order valence-electron chi connectivity index (χ3n) is 3.78. The lowest BCUT2D eigenvalue weighted by Gasteiger charge is -2.14. The van der Waals surface area contributed by atoms with Gasteiger partial charge in [0.05, 0.1) is 22.1 Å². The van der Waals surface area contributed by atoms with E-state index in [9.17, 15) is 18.5 Å². The summed E-state index contributed by atoms with van der Waals surface area (Å²) in [6.45, 7) is 2.98. The summed E-state index contributed by atoms with van der Waals surface area (Å²) < 4.78 is 32.8. The number of nitro groups is 1. The summed E-state index contributed by atoms with van der Waals surface area (Å²) in [5, 5.41) is 14.5. The maximum atomic E-state index is 12.4. The predicted molar refractivity (Wildman–Crippen MR) is 108 cm³/mol. The number of sulfonamides is 1. The van der Waals surface area contributed by atoms with Crippen molar-refractivity contribution in [1.82, 2.24) is 9.62 Å². The van der Waals surface area contributed by atoms with Crippen LogP contribution in [0.4, 0.5) is 17.1 Å². The lowest BCUT2D eigenvalue weighted by Crippen LogP contribution is -2.31. The molecular formula is C18H24N4O5S. The van der Waals surface area contributed by atoms with Gasteiger partial charge in [0.2, 0.25) is 10.0 Å². The van der Waals surface area contributed by atoms with E-state index in [0.29, 0.717) is 24.6 Å². The Bertz CT molecular complexity index is 931. The van der Waals surface area contributed by atoms with Crippen LogP contribution in [0.5, 0.6) is 5.75 Å². The Morgan fingerprint density at radius 2 is 1.86 bits per heavy atom. The maximum absolute atomic E-state index is 12.4. The quantitative estimate of drug-likeness (QED) is 0.459. The van der Waals surface area contributed by atoms with Crippen molar-refractivity contribution < 1.29 is 18.1 Å². The van der Waals surface area contributed by atoms with Gasteiger partial charge in [-0.3, -0.25) is 10.1 Å². The van der Waals surface area contributed by atoms with Crippen LogP contribution < -0.4 is 14.8 Å². The number of nitrogens with one attached hydrogen (secondary N) is 2. The van der Waals surface area contributed by atoms with Gasteiger partial charge in [-0.2, -0.15) is 0 Å². The zero-order chi connectivity index (χ0) is 20.7. The highest BCUT2D eigenvalue weighted by Gasteiger charge is 2.22. The van der Waals surface area contributed by atoms with Crippen LogP contribution >= 0.6 is 0 Å². The molecule has 10 heteroatoms. The zero-order valence-corrected chi connectivity index (χ0v) is 16.8. The van der Waals surface area contributed by atoms with Gasteiger partial charge >= 0.3 is 0 Å². The van der Waals surface area contributed by atoms with Crippen LogP contribution in [0.3, 0.4) is 0 Å². The normalized spacial score (nSPS) is 11.4. The Morgan fingerprint density at radius 1 is 1.14 bits per heavy atom. The fraction of sp³-hybridized carbons (Fsp3) is 0.333. The summed E-state index contributed by atoms with van der Waals surface area (Å²) in [6.07, 6.45) is 0. The summed E-state index contributed by atoms with van der Waals surface area (Å²) in [6, 6.07) is 10.8. The average Bonchev–Trinajstić information content (AvgIpc) is 2.63. The summed E-state index contributed by atoms with van der Waals surface area (Å²) in [5.74, 6) is 0.543. The van der Waals surface area contributed by atoms with Crippen molar-refractivity contribution in [2.75, 3.05) is 39.1 Å². The van der Waals surface area contributed by atoms with E-state index in [4.69, 9.17) is 4.74 Å². The molecule has 0 bridgehead atoms. The van der Waals surface area contributed by atoms with E-state index < -0.39 is 14.9 Å². The van der Waals surface area contributed by atoms with Gasteiger partial charge in [0.1, 0.15) is 11.4 Å². The molecule has 0 spiro atoms. The van der Waals surface area contributed by atoms with E-state index in [1.54, 1.807) is 24.3 Å².